The normalized spacial score (nSPS) is 14.4. The maximum Gasteiger partial charge on any atom is 0.340 e. The monoisotopic (exact) mass is 463 g/mol. The third kappa shape index (κ3) is 5.82. The van der Waals surface area contributed by atoms with Crippen LogP contribution in [0.5, 0.6) is 5.75 Å². The number of amides is 1. The van der Waals surface area contributed by atoms with Crippen LogP contribution >= 0.6 is 11.6 Å². The van der Waals surface area contributed by atoms with Gasteiger partial charge in [-0.2, -0.15) is 0 Å². The minimum absolute atomic E-state index is 0.103. The number of nitrogens with one attached hydrogen (secondary N) is 1. The van der Waals surface area contributed by atoms with Crippen molar-refractivity contribution in [3.8, 4) is 5.75 Å². The van der Waals surface area contributed by atoms with E-state index in [4.69, 9.17) is 25.8 Å². The molecule has 0 atom stereocenters. The van der Waals surface area contributed by atoms with E-state index in [1.807, 2.05) is 23.1 Å². The van der Waals surface area contributed by atoms with E-state index in [-0.39, 0.29) is 12.5 Å². The van der Waals surface area contributed by atoms with E-state index < -0.39 is 5.97 Å². The number of ether oxygens (including phenoxy) is 3. The Morgan fingerprint density at radius 2 is 1.78 bits per heavy atom. The SMILES string of the molecule is COCCOC(=O)c1c(C)[nH]c(C(=O)N2CCN(CCOc3ccccc3Cl)CC2)c1C. The summed E-state index contributed by atoms with van der Waals surface area (Å²) < 4.78 is 15.9. The average Bonchev–Trinajstić information content (AvgIpc) is 3.09. The van der Waals surface area contributed by atoms with Crippen molar-refractivity contribution in [1.29, 1.82) is 0 Å². The summed E-state index contributed by atoms with van der Waals surface area (Å²) in [4.78, 5) is 32.6. The minimum atomic E-state index is -0.448. The summed E-state index contributed by atoms with van der Waals surface area (Å²) in [6.45, 7) is 8.04. The highest BCUT2D eigenvalue weighted by Crippen LogP contribution is 2.23. The first-order chi connectivity index (χ1) is 15.4. The number of esters is 1. The number of benzene rings is 1. The van der Waals surface area contributed by atoms with Crippen molar-refractivity contribution in [3.63, 3.8) is 0 Å². The van der Waals surface area contributed by atoms with E-state index in [1.54, 1.807) is 27.0 Å². The first kappa shape index (κ1) is 24.1. The molecule has 2 aromatic rings. The van der Waals surface area contributed by atoms with Crippen molar-refractivity contribution >= 4 is 23.5 Å². The molecule has 1 amide bonds. The van der Waals surface area contributed by atoms with Crippen molar-refractivity contribution in [2.75, 3.05) is 59.7 Å². The number of nitrogens with zero attached hydrogens (tertiary/aromatic N) is 2. The molecule has 0 aliphatic carbocycles. The molecule has 1 N–H and O–H groups in total. The number of halogens is 1. The van der Waals surface area contributed by atoms with Crippen LogP contribution in [0.15, 0.2) is 24.3 Å². The summed E-state index contributed by atoms with van der Waals surface area (Å²) >= 11 is 6.11. The summed E-state index contributed by atoms with van der Waals surface area (Å²) in [6.07, 6.45) is 0. The smallest absolute Gasteiger partial charge is 0.340 e. The van der Waals surface area contributed by atoms with E-state index in [2.05, 4.69) is 9.88 Å². The van der Waals surface area contributed by atoms with Crippen LogP contribution in [0.25, 0.3) is 0 Å². The number of H-pyrrole nitrogens is 1. The molecule has 1 aromatic carbocycles. The lowest BCUT2D eigenvalue weighted by Crippen LogP contribution is -2.49. The van der Waals surface area contributed by atoms with Crippen LogP contribution in [0.4, 0.5) is 0 Å². The third-order valence-corrected chi connectivity index (χ3v) is 5.85. The van der Waals surface area contributed by atoms with Gasteiger partial charge in [-0.3, -0.25) is 9.69 Å². The second-order valence-electron chi connectivity index (χ2n) is 7.67. The fraction of sp³-hybridized carbons (Fsp3) is 0.478. The van der Waals surface area contributed by atoms with Crippen molar-refractivity contribution in [1.82, 2.24) is 14.8 Å². The molecule has 1 fully saturated rings. The topological polar surface area (TPSA) is 84.1 Å². The summed E-state index contributed by atoms with van der Waals surface area (Å²) in [7, 11) is 1.54. The fourth-order valence-corrected chi connectivity index (χ4v) is 3.93. The van der Waals surface area contributed by atoms with Crippen molar-refractivity contribution in [3.05, 3.63) is 51.8 Å². The van der Waals surface area contributed by atoms with Gasteiger partial charge in [0.2, 0.25) is 0 Å². The Kier molecular flexibility index (Phi) is 8.55. The van der Waals surface area contributed by atoms with Gasteiger partial charge in [-0.15, -0.1) is 0 Å². The van der Waals surface area contributed by atoms with Crippen LogP contribution in [0, 0.1) is 13.8 Å². The zero-order chi connectivity index (χ0) is 23.1. The predicted octanol–water partition coefficient (Wildman–Crippen LogP) is 2.92. The third-order valence-electron chi connectivity index (χ3n) is 5.54. The van der Waals surface area contributed by atoms with Gasteiger partial charge < -0.3 is 24.1 Å². The first-order valence-electron chi connectivity index (χ1n) is 10.7. The van der Waals surface area contributed by atoms with Gasteiger partial charge in [-0.25, -0.2) is 4.79 Å². The molecule has 0 radical (unpaired) electrons. The Labute approximate surface area is 193 Å². The van der Waals surface area contributed by atoms with E-state index in [0.717, 1.165) is 19.6 Å². The molecule has 0 unspecified atom stereocenters. The maximum absolute atomic E-state index is 13.1. The molecular weight excluding hydrogens is 434 g/mol. The van der Waals surface area contributed by atoms with Crippen LogP contribution < -0.4 is 4.74 Å². The van der Waals surface area contributed by atoms with Gasteiger partial charge in [0.15, 0.2) is 0 Å². The highest BCUT2D eigenvalue weighted by molar-refractivity contribution is 6.32. The molecule has 8 nitrogen and oxygen atoms in total. The van der Waals surface area contributed by atoms with Gasteiger partial charge >= 0.3 is 5.97 Å². The molecule has 2 heterocycles. The maximum atomic E-state index is 13.1. The number of carbonyl (C=O) groups is 2. The summed E-state index contributed by atoms with van der Waals surface area (Å²) in [6, 6.07) is 7.41. The van der Waals surface area contributed by atoms with Crippen LogP contribution in [0.3, 0.4) is 0 Å². The Hall–Kier alpha value is -2.55. The first-order valence-corrected chi connectivity index (χ1v) is 11.0. The molecule has 32 heavy (non-hydrogen) atoms. The lowest BCUT2D eigenvalue weighted by atomic mass is 10.1. The molecule has 0 bridgehead atoms. The number of para-hydroxylation sites is 1. The number of hydrogen-bond donors (Lipinski definition) is 1. The number of aromatic amines is 1. The Morgan fingerprint density at radius 3 is 2.47 bits per heavy atom. The molecular formula is C23H30ClN3O5. The van der Waals surface area contributed by atoms with Crippen LogP contribution in [0.2, 0.25) is 5.02 Å². The zero-order valence-corrected chi connectivity index (χ0v) is 19.5. The fourth-order valence-electron chi connectivity index (χ4n) is 3.74. The standard InChI is InChI=1S/C23H30ClN3O5/c1-16-20(23(29)32-15-14-30-3)17(2)25-21(16)22(28)27-10-8-26(9-11-27)12-13-31-19-7-5-4-6-18(19)24/h4-7,25H,8-15H2,1-3H3. The Bertz CT molecular complexity index is 938. The molecule has 1 saturated heterocycles. The van der Waals surface area contributed by atoms with Gasteiger partial charge in [0.05, 0.1) is 17.2 Å². The quantitative estimate of drug-likeness (QED) is 0.454. The number of piperazine rings is 1. The van der Waals surface area contributed by atoms with E-state index in [1.165, 1.54) is 0 Å². The van der Waals surface area contributed by atoms with Gasteiger partial charge in [0.25, 0.3) is 5.91 Å². The van der Waals surface area contributed by atoms with E-state index in [9.17, 15) is 9.59 Å². The minimum Gasteiger partial charge on any atom is -0.491 e. The number of rotatable bonds is 9. The number of aryl methyl sites for hydroxylation is 1. The molecule has 1 aliphatic heterocycles. The van der Waals surface area contributed by atoms with Crippen molar-refractivity contribution in [2.45, 2.75) is 13.8 Å². The highest BCUT2D eigenvalue weighted by Gasteiger charge is 2.28. The Balaban J connectivity index is 1.51. The number of aromatic nitrogens is 1. The molecule has 0 saturated carbocycles. The van der Waals surface area contributed by atoms with Gasteiger partial charge in [0, 0.05) is 45.5 Å². The molecule has 3 rings (SSSR count). The predicted molar refractivity (Wildman–Crippen MR) is 122 cm³/mol. The number of hydrogen-bond acceptors (Lipinski definition) is 6. The average molecular weight is 464 g/mol. The summed E-state index contributed by atoms with van der Waals surface area (Å²) in [5.74, 6) is 0.126. The molecule has 174 valence electrons. The van der Waals surface area contributed by atoms with Gasteiger partial charge in [-0.1, -0.05) is 23.7 Å². The largest absolute Gasteiger partial charge is 0.491 e. The van der Waals surface area contributed by atoms with Crippen LogP contribution in [-0.4, -0.2) is 86.3 Å². The van der Waals surface area contributed by atoms with Crippen molar-refractivity contribution in [2.24, 2.45) is 0 Å². The van der Waals surface area contributed by atoms with Crippen LogP contribution in [0.1, 0.15) is 32.1 Å². The Morgan fingerprint density at radius 1 is 1.06 bits per heavy atom. The second kappa shape index (κ2) is 11.4. The van der Waals surface area contributed by atoms with Crippen molar-refractivity contribution < 1.29 is 23.8 Å². The second-order valence-corrected chi connectivity index (χ2v) is 8.07. The molecule has 9 heteroatoms. The molecule has 1 aliphatic rings. The van der Waals surface area contributed by atoms with Gasteiger partial charge in [0.1, 0.15) is 24.7 Å². The lowest BCUT2D eigenvalue weighted by molar-refractivity contribution is 0.0387. The number of carbonyl (C=O) groups excluding carboxylic acids is 2. The van der Waals surface area contributed by atoms with Gasteiger partial charge in [-0.05, 0) is 31.5 Å². The van der Waals surface area contributed by atoms with E-state index in [0.29, 0.717) is 59.6 Å². The summed E-state index contributed by atoms with van der Waals surface area (Å²) in [5.41, 5.74) is 2.10. The molecule has 1 aromatic heterocycles. The molecule has 0 spiro atoms. The number of methoxy groups -OCH3 is 1. The highest BCUT2D eigenvalue weighted by atomic mass is 35.5. The summed E-state index contributed by atoms with van der Waals surface area (Å²) in [5, 5.41) is 0.599. The van der Waals surface area contributed by atoms with Crippen LogP contribution in [-0.2, 0) is 9.47 Å². The van der Waals surface area contributed by atoms with E-state index >= 15 is 0 Å². The lowest BCUT2D eigenvalue weighted by Gasteiger charge is -2.34. The zero-order valence-electron chi connectivity index (χ0n) is 18.8.